The maximum atomic E-state index is 12.4. The standard InChI is InChI=1S/C21H15ClN2O4/c22-15-9-5-13(6-10-15)19(25)23-16-11-7-14(8-12-16)20(26)24-18-4-2-1-3-17(18)21(27)28/h1-12H,(H,23,25)(H,24,26)(H,27,28). The van der Waals surface area contributed by atoms with Gasteiger partial charge in [0.1, 0.15) is 0 Å². The smallest absolute Gasteiger partial charge is 0.337 e. The molecule has 3 rings (SSSR count). The number of amides is 2. The molecule has 0 aromatic heterocycles. The van der Waals surface area contributed by atoms with Gasteiger partial charge < -0.3 is 15.7 Å². The molecule has 0 aliphatic rings. The number of carboxylic acids is 1. The monoisotopic (exact) mass is 394 g/mol. The van der Waals surface area contributed by atoms with Gasteiger partial charge in [0, 0.05) is 21.8 Å². The first-order valence-corrected chi connectivity index (χ1v) is 8.62. The summed E-state index contributed by atoms with van der Waals surface area (Å²) in [5, 5.41) is 15.0. The van der Waals surface area contributed by atoms with Crippen LogP contribution in [0.25, 0.3) is 0 Å². The number of carboxylic acid groups (broad SMARTS) is 1. The quantitative estimate of drug-likeness (QED) is 0.591. The molecule has 3 N–H and O–H groups in total. The molecule has 140 valence electrons. The molecule has 0 spiro atoms. The number of anilines is 2. The molecule has 2 amide bonds. The van der Waals surface area contributed by atoms with Crippen LogP contribution in [-0.2, 0) is 0 Å². The van der Waals surface area contributed by atoms with Gasteiger partial charge in [-0.3, -0.25) is 9.59 Å². The van der Waals surface area contributed by atoms with Gasteiger partial charge in [-0.25, -0.2) is 4.79 Å². The van der Waals surface area contributed by atoms with Crippen LogP contribution >= 0.6 is 11.6 Å². The van der Waals surface area contributed by atoms with E-state index < -0.39 is 11.9 Å². The van der Waals surface area contributed by atoms with E-state index in [4.69, 9.17) is 11.6 Å². The van der Waals surface area contributed by atoms with Crippen molar-refractivity contribution in [2.45, 2.75) is 0 Å². The van der Waals surface area contributed by atoms with Gasteiger partial charge in [0.05, 0.1) is 11.3 Å². The molecule has 0 aliphatic heterocycles. The minimum absolute atomic E-state index is 0.00250. The van der Waals surface area contributed by atoms with Crippen molar-refractivity contribution in [2.75, 3.05) is 10.6 Å². The molecular weight excluding hydrogens is 380 g/mol. The van der Waals surface area contributed by atoms with Crippen LogP contribution in [0.1, 0.15) is 31.1 Å². The predicted molar refractivity (Wildman–Crippen MR) is 107 cm³/mol. The molecule has 7 heteroatoms. The number of hydrogen-bond acceptors (Lipinski definition) is 3. The van der Waals surface area contributed by atoms with Crippen LogP contribution in [0.3, 0.4) is 0 Å². The van der Waals surface area contributed by atoms with Gasteiger partial charge in [0.15, 0.2) is 0 Å². The van der Waals surface area contributed by atoms with Crippen molar-refractivity contribution >= 4 is 40.8 Å². The third-order valence-electron chi connectivity index (χ3n) is 3.92. The molecule has 0 saturated heterocycles. The number of carbonyl (C=O) groups excluding carboxylic acids is 2. The van der Waals surface area contributed by atoms with Gasteiger partial charge in [-0.15, -0.1) is 0 Å². The second-order valence-corrected chi connectivity index (χ2v) is 6.28. The molecule has 0 radical (unpaired) electrons. The van der Waals surface area contributed by atoms with E-state index >= 15 is 0 Å². The Bertz CT molecular complexity index is 1030. The van der Waals surface area contributed by atoms with Crippen LogP contribution < -0.4 is 10.6 Å². The topological polar surface area (TPSA) is 95.5 Å². The zero-order chi connectivity index (χ0) is 20.1. The molecule has 3 aromatic rings. The molecular formula is C21H15ClN2O4. The first kappa shape index (κ1) is 19.1. The molecule has 0 bridgehead atoms. The van der Waals surface area contributed by atoms with Crippen LogP contribution in [0.15, 0.2) is 72.8 Å². The summed E-state index contributed by atoms with van der Waals surface area (Å²) in [6.45, 7) is 0. The third-order valence-corrected chi connectivity index (χ3v) is 4.17. The van der Waals surface area contributed by atoms with Crippen molar-refractivity contribution in [3.8, 4) is 0 Å². The highest BCUT2D eigenvalue weighted by Crippen LogP contribution is 2.18. The summed E-state index contributed by atoms with van der Waals surface area (Å²) in [5.41, 5.74) is 1.51. The van der Waals surface area contributed by atoms with Gasteiger partial charge in [0.2, 0.25) is 0 Å². The number of halogens is 1. The lowest BCUT2D eigenvalue weighted by molar-refractivity contribution is 0.0697. The van der Waals surface area contributed by atoms with Crippen molar-refractivity contribution in [2.24, 2.45) is 0 Å². The molecule has 0 fully saturated rings. The number of nitrogens with one attached hydrogen (secondary N) is 2. The van der Waals surface area contributed by atoms with E-state index in [0.717, 1.165) is 0 Å². The van der Waals surface area contributed by atoms with Crippen molar-refractivity contribution in [3.05, 3.63) is 94.5 Å². The Morgan fingerprint density at radius 2 is 1.25 bits per heavy atom. The van der Waals surface area contributed by atoms with Crippen LogP contribution in [0.5, 0.6) is 0 Å². The lowest BCUT2D eigenvalue weighted by Gasteiger charge is -2.09. The van der Waals surface area contributed by atoms with Crippen molar-refractivity contribution in [1.29, 1.82) is 0 Å². The Morgan fingerprint density at radius 1 is 0.714 bits per heavy atom. The second kappa shape index (κ2) is 8.37. The molecule has 28 heavy (non-hydrogen) atoms. The number of aromatic carboxylic acids is 1. The summed E-state index contributed by atoms with van der Waals surface area (Å²) >= 11 is 5.81. The molecule has 6 nitrogen and oxygen atoms in total. The Balaban J connectivity index is 1.68. The Hall–Kier alpha value is -3.64. The highest BCUT2D eigenvalue weighted by molar-refractivity contribution is 6.30. The third kappa shape index (κ3) is 4.55. The summed E-state index contributed by atoms with van der Waals surface area (Å²) in [7, 11) is 0. The lowest BCUT2D eigenvalue weighted by atomic mass is 10.1. The fraction of sp³-hybridized carbons (Fsp3) is 0. The number of benzene rings is 3. The van der Waals surface area contributed by atoms with Crippen LogP contribution in [0.4, 0.5) is 11.4 Å². The van der Waals surface area contributed by atoms with Crippen molar-refractivity contribution in [1.82, 2.24) is 0 Å². The highest BCUT2D eigenvalue weighted by Gasteiger charge is 2.13. The number of para-hydroxylation sites is 1. The van der Waals surface area contributed by atoms with Crippen LogP contribution in [0, 0.1) is 0 Å². The second-order valence-electron chi connectivity index (χ2n) is 5.84. The van der Waals surface area contributed by atoms with E-state index in [9.17, 15) is 19.5 Å². The van der Waals surface area contributed by atoms with Crippen LogP contribution in [-0.4, -0.2) is 22.9 Å². The summed E-state index contributed by atoms with van der Waals surface area (Å²) in [6.07, 6.45) is 0. The normalized spacial score (nSPS) is 10.2. The van der Waals surface area contributed by atoms with Gasteiger partial charge >= 0.3 is 5.97 Å². The van der Waals surface area contributed by atoms with E-state index in [1.807, 2.05) is 0 Å². The maximum Gasteiger partial charge on any atom is 0.337 e. The van der Waals surface area contributed by atoms with E-state index in [0.29, 0.717) is 21.8 Å². The number of rotatable bonds is 5. The first-order valence-electron chi connectivity index (χ1n) is 8.25. The molecule has 0 saturated carbocycles. The molecule has 0 heterocycles. The largest absolute Gasteiger partial charge is 0.478 e. The predicted octanol–water partition coefficient (Wildman–Crippen LogP) is 4.54. The lowest BCUT2D eigenvalue weighted by Crippen LogP contribution is -2.15. The molecule has 0 unspecified atom stereocenters. The maximum absolute atomic E-state index is 12.4. The van der Waals surface area contributed by atoms with E-state index in [-0.39, 0.29) is 17.2 Å². The summed E-state index contributed by atoms with van der Waals surface area (Å²) < 4.78 is 0. The van der Waals surface area contributed by atoms with E-state index in [2.05, 4.69) is 10.6 Å². The minimum Gasteiger partial charge on any atom is -0.478 e. The Labute approximate surface area is 165 Å². The van der Waals surface area contributed by atoms with E-state index in [1.54, 1.807) is 48.5 Å². The Morgan fingerprint density at radius 3 is 1.86 bits per heavy atom. The van der Waals surface area contributed by atoms with Crippen LogP contribution in [0.2, 0.25) is 5.02 Å². The van der Waals surface area contributed by atoms with Gasteiger partial charge in [-0.2, -0.15) is 0 Å². The van der Waals surface area contributed by atoms with Gasteiger partial charge in [-0.1, -0.05) is 23.7 Å². The zero-order valence-corrected chi connectivity index (χ0v) is 15.2. The highest BCUT2D eigenvalue weighted by atomic mass is 35.5. The fourth-order valence-electron chi connectivity index (χ4n) is 2.48. The van der Waals surface area contributed by atoms with Gasteiger partial charge in [-0.05, 0) is 60.7 Å². The average Bonchev–Trinajstić information content (AvgIpc) is 2.69. The first-order chi connectivity index (χ1) is 13.4. The molecule has 3 aromatic carbocycles. The minimum atomic E-state index is -1.13. The summed E-state index contributed by atoms with van der Waals surface area (Å²) in [6, 6.07) is 18.9. The Kier molecular flexibility index (Phi) is 5.72. The average molecular weight is 395 g/mol. The fourth-order valence-corrected chi connectivity index (χ4v) is 2.61. The summed E-state index contributed by atoms with van der Waals surface area (Å²) in [4.78, 5) is 35.8. The SMILES string of the molecule is O=C(Nc1ccc(C(=O)Nc2ccccc2C(=O)O)cc1)c1ccc(Cl)cc1. The zero-order valence-electron chi connectivity index (χ0n) is 14.5. The summed E-state index contributed by atoms with van der Waals surface area (Å²) in [5.74, 6) is -1.88. The van der Waals surface area contributed by atoms with E-state index in [1.165, 1.54) is 24.3 Å². The van der Waals surface area contributed by atoms with Gasteiger partial charge in [0.25, 0.3) is 11.8 Å². The molecule has 0 atom stereocenters. The van der Waals surface area contributed by atoms with Crippen molar-refractivity contribution in [3.63, 3.8) is 0 Å². The number of carbonyl (C=O) groups is 3. The number of hydrogen-bond donors (Lipinski definition) is 3. The van der Waals surface area contributed by atoms with Crippen molar-refractivity contribution < 1.29 is 19.5 Å². The molecule has 0 aliphatic carbocycles.